The second-order valence-corrected chi connectivity index (χ2v) is 4.85. The summed E-state index contributed by atoms with van der Waals surface area (Å²) >= 11 is 0. The van der Waals surface area contributed by atoms with Gasteiger partial charge in [-0.3, -0.25) is 4.79 Å². The SMILES string of the molecule is O=C([O-])c1ccccc1C(=O)N1CC[NH+](CCO)CC1. The molecule has 2 N–H and O–H groups in total. The van der Waals surface area contributed by atoms with Gasteiger partial charge < -0.3 is 24.8 Å². The predicted octanol–water partition coefficient (Wildman–Crippen LogP) is -2.62. The molecule has 0 saturated carbocycles. The van der Waals surface area contributed by atoms with Gasteiger partial charge in [0.05, 0.1) is 38.8 Å². The van der Waals surface area contributed by atoms with E-state index in [0.29, 0.717) is 19.6 Å². The van der Waals surface area contributed by atoms with Crippen LogP contribution in [0.5, 0.6) is 0 Å². The van der Waals surface area contributed by atoms with Gasteiger partial charge in [0.1, 0.15) is 6.54 Å². The normalized spacial score (nSPS) is 16.1. The number of nitrogens with zero attached hydrogens (tertiary/aromatic N) is 1. The fourth-order valence-electron chi connectivity index (χ4n) is 2.45. The van der Waals surface area contributed by atoms with Crippen LogP contribution >= 0.6 is 0 Å². The Labute approximate surface area is 117 Å². The highest BCUT2D eigenvalue weighted by atomic mass is 16.4. The summed E-state index contributed by atoms with van der Waals surface area (Å²) in [5.74, 6) is -1.61. The van der Waals surface area contributed by atoms with Gasteiger partial charge in [-0.15, -0.1) is 0 Å². The van der Waals surface area contributed by atoms with Crippen LogP contribution in [0.15, 0.2) is 24.3 Å². The Bertz CT molecular complexity index is 496. The third-order valence-electron chi connectivity index (χ3n) is 3.60. The van der Waals surface area contributed by atoms with Crippen molar-refractivity contribution in [2.75, 3.05) is 39.3 Å². The van der Waals surface area contributed by atoms with Gasteiger partial charge in [-0.25, -0.2) is 0 Å². The number of aliphatic hydroxyl groups is 1. The number of rotatable bonds is 4. The molecule has 1 fully saturated rings. The second-order valence-electron chi connectivity index (χ2n) is 4.85. The topological polar surface area (TPSA) is 85.1 Å². The van der Waals surface area contributed by atoms with E-state index in [2.05, 4.69) is 0 Å². The number of hydrogen-bond donors (Lipinski definition) is 2. The van der Waals surface area contributed by atoms with Crippen LogP contribution < -0.4 is 10.0 Å². The van der Waals surface area contributed by atoms with Gasteiger partial charge >= 0.3 is 0 Å². The number of aromatic carboxylic acids is 1. The number of hydrogen-bond acceptors (Lipinski definition) is 4. The van der Waals surface area contributed by atoms with Gasteiger partial charge in [-0.1, -0.05) is 18.2 Å². The minimum atomic E-state index is -1.33. The number of carboxylic acids is 1. The van der Waals surface area contributed by atoms with E-state index in [1.54, 1.807) is 17.0 Å². The molecular weight excluding hydrogens is 260 g/mol. The molecule has 1 saturated heterocycles. The van der Waals surface area contributed by atoms with Crippen molar-refractivity contribution in [1.82, 2.24) is 4.90 Å². The lowest BCUT2D eigenvalue weighted by molar-refractivity contribution is -0.904. The standard InChI is InChI=1S/C14H18N2O4/c17-10-9-15-5-7-16(8-6-15)13(18)11-3-1-2-4-12(11)14(19)20/h1-4,17H,5-10H2,(H,19,20). The van der Waals surface area contributed by atoms with Gasteiger partial charge in [-0.2, -0.15) is 0 Å². The first-order chi connectivity index (χ1) is 9.63. The van der Waals surface area contributed by atoms with Gasteiger partial charge in [0.15, 0.2) is 0 Å². The fourth-order valence-corrected chi connectivity index (χ4v) is 2.45. The summed E-state index contributed by atoms with van der Waals surface area (Å²) in [7, 11) is 0. The molecule has 0 unspecified atom stereocenters. The third-order valence-corrected chi connectivity index (χ3v) is 3.60. The van der Waals surface area contributed by atoms with Crippen molar-refractivity contribution in [2.24, 2.45) is 0 Å². The largest absolute Gasteiger partial charge is 0.545 e. The Hall–Kier alpha value is -1.92. The number of carboxylic acid groups (broad SMARTS) is 1. The quantitative estimate of drug-likeness (QED) is 0.632. The molecule has 1 aromatic carbocycles. The summed E-state index contributed by atoms with van der Waals surface area (Å²) < 4.78 is 0. The molecule has 1 aliphatic heterocycles. The molecule has 0 spiro atoms. The first kappa shape index (κ1) is 14.5. The molecule has 108 valence electrons. The zero-order chi connectivity index (χ0) is 14.5. The van der Waals surface area contributed by atoms with Crippen molar-refractivity contribution in [3.8, 4) is 0 Å². The van der Waals surface area contributed by atoms with Gasteiger partial charge in [0.25, 0.3) is 5.91 Å². The zero-order valence-corrected chi connectivity index (χ0v) is 11.2. The molecule has 0 aromatic heterocycles. The van der Waals surface area contributed by atoms with E-state index in [0.717, 1.165) is 13.1 Å². The van der Waals surface area contributed by atoms with E-state index in [-0.39, 0.29) is 23.6 Å². The van der Waals surface area contributed by atoms with Crippen molar-refractivity contribution < 1.29 is 24.7 Å². The highest BCUT2D eigenvalue weighted by Crippen LogP contribution is 2.11. The maximum absolute atomic E-state index is 12.4. The van der Waals surface area contributed by atoms with Crippen LogP contribution in [0.25, 0.3) is 0 Å². The molecule has 0 bridgehead atoms. The third kappa shape index (κ3) is 3.15. The van der Waals surface area contributed by atoms with Crippen LogP contribution in [0.2, 0.25) is 0 Å². The molecule has 0 radical (unpaired) electrons. The van der Waals surface area contributed by atoms with Crippen molar-refractivity contribution in [3.63, 3.8) is 0 Å². The van der Waals surface area contributed by atoms with E-state index >= 15 is 0 Å². The molecule has 6 heteroatoms. The van der Waals surface area contributed by atoms with Crippen LogP contribution in [0.1, 0.15) is 20.7 Å². The number of quaternary nitrogens is 1. The molecule has 6 nitrogen and oxygen atoms in total. The molecule has 1 aromatic rings. The number of carbonyl (C=O) groups excluding carboxylic acids is 2. The lowest BCUT2D eigenvalue weighted by Gasteiger charge is -2.32. The molecule has 0 aliphatic carbocycles. The van der Waals surface area contributed by atoms with Crippen LogP contribution in [0.4, 0.5) is 0 Å². The summed E-state index contributed by atoms with van der Waals surface area (Å²) in [4.78, 5) is 26.3. The van der Waals surface area contributed by atoms with Crippen LogP contribution in [0, 0.1) is 0 Å². The maximum Gasteiger partial charge on any atom is 0.254 e. The number of benzene rings is 1. The van der Waals surface area contributed by atoms with Crippen LogP contribution in [-0.4, -0.2) is 61.2 Å². The summed E-state index contributed by atoms with van der Waals surface area (Å²) in [6, 6.07) is 6.12. The molecule has 1 aliphatic rings. The molecule has 20 heavy (non-hydrogen) atoms. The fraction of sp³-hybridized carbons (Fsp3) is 0.429. The smallest absolute Gasteiger partial charge is 0.254 e. The van der Waals surface area contributed by atoms with Crippen molar-refractivity contribution in [3.05, 3.63) is 35.4 Å². The average Bonchev–Trinajstić information content (AvgIpc) is 2.47. The summed E-state index contributed by atoms with van der Waals surface area (Å²) in [5, 5.41) is 19.9. The molecule has 2 rings (SSSR count). The number of carbonyl (C=O) groups is 2. The molecular formula is C14H18N2O4. The van der Waals surface area contributed by atoms with Gasteiger partial charge in [0.2, 0.25) is 0 Å². The lowest BCUT2D eigenvalue weighted by atomic mass is 10.1. The first-order valence-corrected chi connectivity index (χ1v) is 6.67. The predicted molar refractivity (Wildman–Crippen MR) is 69.3 cm³/mol. The van der Waals surface area contributed by atoms with Crippen LogP contribution in [-0.2, 0) is 0 Å². The van der Waals surface area contributed by atoms with Crippen molar-refractivity contribution in [1.29, 1.82) is 0 Å². The summed E-state index contributed by atoms with van der Waals surface area (Å²) in [6.07, 6.45) is 0. The summed E-state index contributed by atoms with van der Waals surface area (Å²) in [6.45, 7) is 3.47. The van der Waals surface area contributed by atoms with E-state index in [9.17, 15) is 14.7 Å². The van der Waals surface area contributed by atoms with Gasteiger partial charge in [-0.05, 0) is 6.07 Å². The van der Waals surface area contributed by atoms with Crippen molar-refractivity contribution >= 4 is 11.9 Å². The Kier molecular flexibility index (Phi) is 4.70. The van der Waals surface area contributed by atoms with E-state index < -0.39 is 5.97 Å². The number of aliphatic hydroxyl groups excluding tert-OH is 1. The average molecular weight is 278 g/mol. The molecule has 0 atom stereocenters. The van der Waals surface area contributed by atoms with E-state index in [1.165, 1.54) is 17.0 Å². The molecule has 1 heterocycles. The monoisotopic (exact) mass is 278 g/mol. The number of nitrogens with one attached hydrogen (secondary N) is 1. The minimum Gasteiger partial charge on any atom is -0.545 e. The van der Waals surface area contributed by atoms with Gasteiger partial charge in [0, 0.05) is 11.1 Å². The first-order valence-electron chi connectivity index (χ1n) is 6.67. The zero-order valence-electron chi connectivity index (χ0n) is 11.2. The highest BCUT2D eigenvalue weighted by molar-refractivity contribution is 6.04. The maximum atomic E-state index is 12.4. The Balaban J connectivity index is 2.08. The Morgan fingerprint density at radius 3 is 2.35 bits per heavy atom. The highest BCUT2D eigenvalue weighted by Gasteiger charge is 2.25. The Morgan fingerprint density at radius 1 is 1.20 bits per heavy atom. The second kappa shape index (κ2) is 6.49. The number of amides is 1. The summed E-state index contributed by atoms with van der Waals surface area (Å²) in [5.41, 5.74) is 0.112. The lowest BCUT2D eigenvalue weighted by Crippen LogP contribution is -3.15. The van der Waals surface area contributed by atoms with E-state index in [1.807, 2.05) is 0 Å². The van der Waals surface area contributed by atoms with E-state index in [4.69, 9.17) is 5.11 Å². The Morgan fingerprint density at radius 2 is 1.80 bits per heavy atom. The van der Waals surface area contributed by atoms with Crippen LogP contribution in [0.3, 0.4) is 0 Å². The minimum absolute atomic E-state index is 0.0670. The molecule has 1 amide bonds. The number of piperazine rings is 1. The van der Waals surface area contributed by atoms with Crippen molar-refractivity contribution in [2.45, 2.75) is 0 Å².